The maximum absolute atomic E-state index is 17.2. The quantitative estimate of drug-likeness (QED) is 0.0874. The van der Waals surface area contributed by atoms with Gasteiger partial charge in [-0.25, -0.2) is 8.78 Å². The van der Waals surface area contributed by atoms with Crippen molar-refractivity contribution in [3.05, 3.63) is 89.1 Å². The minimum atomic E-state index is -0.728. The lowest BCUT2D eigenvalue weighted by Crippen LogP contribution is -2.53. The molecule has 13 rings (SSSR count). The molecule has 1 saturated carbocycles. The predicted octanol–water partition coefficient (Wildman–Crippen LogP) is 7.42. The molecule has 4 aromatic carbocycles. The van der Waals surface area contributed by atoms with Crippen molar-refractivity contribution >= 4 is 61.7 Å². The highest BCUT2D eigenvalue weighted by Gasteiger charge is 2.46. The zero-order valence-electron chi connectivity index (χ0n) is 40.6. The summed E-state index contributed by atoms with van der Waals surface area (Å²) >= 11 is 0. The van der Waals surface area contributed by atoms with Crippen LogP contribution in [-0.2, 0) is 9.59 Å². The summed E-state index contributed by atoms with van der Waals surface area (Å²) in [4.78, 5) is 61.7. The molecule has 7 aliphatic rings. The third-order valence-corrected chi connectivity index (χ3v) is 17.2. The van der Waals surface area contributed by atoms with E-state index in [9.17, 15) is 19.5 Å². The molecule has 73 heavy (non-hydrogen) atoms. The molecule has 5 saturated heterocycles. The van der Waals surface area contributed by atoms with Gasteiger partial charge in [0.2, 0.25) is 11.8 Å². The molecule has 3 unspecified atom stereocenters. The second-order valence-electron chi connectivity index (χ2n) is 21.8. The average Bonchev–Trinajstić information content (AvgIpc) is 3.99. The molecule has 14 nitrogen and oxygen atoms in total. The molecule has 16 heteroatoms. The van der Waals surface area contributed by atoms with E-state index in [-0.39, 0.29) is 63.1 Å². The van der Waals surface area contributed by atoms with Crippen molar-refractivity contribution in [2.45, 2.75) is 88.3 Å². The Hall–Kier alpha value is -6.80. The first-order chi connectivity index (χ1) is 35.5. The summed E-state index contributed by atoms with van der Waals surface area (Å²) in [5, 5.41) is 20.0. The summed E-state index contributed by atoms with van der Waals surface area (Å²) in [6, 6.07) is 15.7. The van der Waals surface area contributed by atoms with Crippen LogP contribution in [0, 0.1) is 35.3 Å². The van der Waals surface area contributed by atoms with Crippen LogP contribution in [0.4, 0.5) is 20.3 Å². The number of ether oxygens (including phenoxy) is 1. The number of phenolic OH excluding ortho intramolecular Hbond substituents is 1. The number of phenols is 1. The van der Waals surface area contributed by atoms with Crippen LogP contribution < -0.4 is 25.2 Å². The zero-order chi connectivity index (χ0) is 49.7. The largest absolute Gasteiger partial charge is 0.508 e. The Labute approximate surface area is 421 Å². The topological polar surface area (TPSA) is 156 Å². The number of likely N-dealkylation sites (tertiary alicyclic amines) is 2. The van der Waals surface area contributed by atoms with Crippen LogP contribution in [0.2, 0.25) is 0 Å². The van der Waals surface area contributed by atoms with E-state index in [1.165, 1.54) is 29.8 Å². The van der Waals surface area contributed by atoms with Gasteiger partial charge in [-0.15, -0.1) is 6.42 Å². The fourth-order valence-corrected chi connectivity index (χ4v) is 13.2. The number of piperazine rings is 1. The number of carbonyl (C=O) groups excluding carboxylic acids is 3. The van der Waals surface area contributed by atoms with Gasteiger partial charge in [0.25, 0.3) is 5.91 Å². The van der Waals surface area contributed by atoms with Crippen LogP contribution in [0.5, 0.6) is 11.8 Å². The number of hydrogen-bond acceptors (Lipinski definition) is 12. The molecule has 8 heterocycles. The number of rotatable bonds is 11. The molecule has 3 atom stereocenters. The number of terminal acetylenes is 1. The lowest BCUT2D eigenvalue weighted by atomic mass is 9.85. The normalized spacial score (nSPS) is 23.5. The number of pyridine rings is 1. The highest BCUT2D eigenvalue weighted by Crippen LogP contribution is 2.48. The number of fused-ring (bicyclic) bond motifs is 4. The Morgan fingerprint density at radius 1 is 0.849 bits per heavy atom. The third-order valence-electron chi connectivity index (χ3n) is 17.2. The molecule has 1 aliphatic carbocycles. The number of anilines is 2. The van der Waals surface area contributed by atoms with E-state index in [0.717, 1.165) is 107 Å². The number of benzene rings is 4. The van der Waals surface area contributed by atoms with E-state index in [1.54, 1.807) is 11.1 Å². The maximum atomic E-state index is 17.2. The van der Waals surface area contributed by atoms with E-state index in [2.05, 4.69) is 48.4 Å². The van der Waals surface area contributed by atoms with E-state index in [4.69, 9.17) is 21.1 Å². The highest BCUT2D eigenvalue weighted by molar-refractivity contribution is 6.27. The van der Waals surface area contributed by atoms with Crippen LogP contribution in [-0.4, -0.2) is 125 Å². The van der Waals surface area contributed by atoms with Crippen molar-refractivity contribution < 1.29 is 33.0 Å². The molecule has 6 aliphatic heterocycles. The van der Waals surface area contributed by atoms with Crippen molar-refractivity contribution in [2.24, 2.45) is 11.3 Å². The number of carbonyl (C=O) groups is 3. The molecule has 0 radical (unpaired) electrons. The standard InChI is InChI=1S/C57H57F2N9O5/c1-2-38-44(58)10-6-34-24-37(69)25-42(48(34)38)51-50(59)52-43(26-60-51)53(67-28-35-7-8-36(29-67)61-35)64-56(63-52)73-31-57(18-19-57)30-66-20-14-32(15-21-66)27-65-22-16-33(17-23-65)39-9-11-45-49-40(39)4-3-5-41(49)55(72)68(45)46-12-13-47(70)62-54(46)71/h1,3-6,9-11,24-26,32-33,35-36,46,61,69H,7-8,12-23,27-31H2,(H,62,70,71). The number of imide groups is 1. The average molecular weight is 986 g/mol. The van der Waals surface area contributed by atoms with Gasteiger partial charge in [-0.05, 0) is 142 Å². The first kappa shape index (κ1) is 46.0. The van der Waals surface area contributed by atoms with E-state index in [0.29, 0.717) is 72.2 Å². The summed E-state index contributed by atoms with van der Waals surface area (Å²) in [5.41, 5.74) is 2.68. The summed E-state index contributed by atoms with van der Waals surface area (Å²) in [7, 11) is 0. The molecule has 374 valence electrons. The Bertz CT molecular complexity index is 3310. The monoisotopic (exact) mass is 985 g/mol. The molecule has 6 fully saturated rings. The lowest BCUT2D eigenvalue weighted by molar-refractivity contribution is -0.134. The summed E-state index contributed by atoms with van der Waals surface area (Å²) in [6.45, 7) is 7.91. The van der Waals surface area contributed by atoms with E-state index < -0.39 is 23.6 Å². The van der Waals surface area contributed by atoms with Crippen molar-refractivity contribution in [2.75, 3.05) is 68.8 Å². The molecule has 3 N–H and O–H groups in total. The van der Waals surface area contributed by atoms with Gasteiger partial charge in [-0.2, -0.15) is 9.97 Å². The third kappa shape index (κ3) is 8.20. The van der Waals surface area contributed by atoms with Gasteiger partial charge < -0.3 is 29.9 Å². The van der Waals surface area contributed by atoms with Gasteiger partial charge in [0.05, 0.1) is 23.2 Å². The molecular weight excluding hydrogens is 929 g/mol. The number of amides is 3. The summed E-state index contributed by atoms with van der Waals surface area (Å²) in [5.74, 6) is 1.61. The van der Waals surface area contributed by atoms with Crippen molar-refractivity contribution in [1.82, 2.24) is 35.4 Å². The fraction of sp³-hybridized carbons (Fsp3) is 0.439. The number of nitrogens with one attached hydrogen (secondary N) is 2. The minimum absolute atomic E-state index is 0.0376. The van der Waals surface area contributed by atoms with Gasteiger partial charge in [0.1, 0.15) is 34.6 Å². The number of hydrogen-bond donors (Lipinski definition) is 3. The number of halogens is 2. The molecule has 0 spiro atoms. The molecular formula is C57H57F2N9O5. The van der Waals surface area contributed by atoms with Crippen LogP contribution >= 0.6 is 0 Å². The molecule has 2 bridgehead atoms. The Balaban J connectivity index is 0.662. The first-order valence-electron chi connectivity index (χ1n) is 26.1. The lowest BCUT2D eigenvalue weighted by Gasteiger charge is -2.39. The molecule has 3 amide bonds. The van der Waals surface area contributed by atoms with Gasteiger partial charge in [0.15, 0.2) is 5.82 Å². The first-order valence-corrected chi connectivity index (χ1v) is 26.1. The maximum Gasteiger partial charge on any atom is 0.319 e. The highest BCUT2D eigenvalue weighted by atomic mass is 19.1. The van der Waals surface area contributed by atoms with Gasteiger partial charge in [0, 0.05) is 78.2 Å². The van der Waals surface area contributed by atoms with Gasteiger partial charge in [-0.3, -0.25) is 29.6 Å². The van der Waals surface area contributed by atoms with Crippen LogP contribution in [0.1, 0.15) is 91.6 Å². The van der Waals surface area contributed by atoms with E-state index in [1.807, 2.05) is 18.2 Å². The Morgan fingerprint density at radius 2 is 1.63 bits per heavy atom. The summed E-state index contributed by atoms with van der Waals surface area (Å²) in [6.07, 6.45) is 16.4. The smallest absolute Gasteiger partial charge is 0.319 e. The zero-order valence-corrected chi connectivity index (χ0v) is 40.6. The van der Waals surface area contributed by atoms with Crippen molar-refractivity contribution in [1.29, 1.82) is 0 Å². The van der Waals surface area contributed by atoms with Crippen LogP contribution in [0.15, 0.2) is 60.8 Å². The fourth-order valence-electron chi connectivity index (χ4n) is 13.2. The van der Waals surface area contributed by atoms with Crippen molar-refractivity contribution in [3.8, 4) is 35.4 Å². The Morgan fingerprint density at radius 3 is 2.38 bits per heavy atom. The van der Waals surface area contributed by atoms with Crippen molar-refractivity contribution in [3.63, 3.8) is 0 Å². The van der Waals surface area contributed by atoms with Gasteiger partial charge >= 0.3 is 6.01 Å². The number of piperidine rings is 3. The second-order valence-corrected chi connectivity index (χ2v) is 21.8. The second kappa shape index (κ2) is 18.0. The molecule has 2 aromatic heterocycles. The SMILES string of the molecule is C#Cc1c(F)ccc2cc(O)cc(-c3ncc4c(N5CC6CCC(C5)N6)nc(OCC5(CN6CCC(CN7CCC(c8ccc9c%10c(cccc8%10)C(=O)N9C8CCC(=O)NC8=O)CC7)CC6)CC5)nc4c3F)c12. The number of aromatic nitrogens is 3. The van der Waals surface area contributed by atoms with E-state index >= 15 is 8.78 Å². The number of aromatic hydroxyl groups is 1. The predicted molar refractivity (Wildman–Crippen MR) is 274 cm³/mol. The Kier molecular flexibility index (Phi) is 11.3. The number of nitrogens with zero attached hydrogens (tertiary/aromatic N) is 7. The van der Waals surface area contributed by atoms with Gasteiger partial charge in [-0.1, -0.05) is 30.2 Å². The van der Waals surface area contributed by atoms with Crippen LogP contribution in [0.25, 0.3) is 43.7 Å². The van der Waals surface area contributed by atoms with Crippen LogP contribution in [0.3, 0.4) is 0 Å². The molecule has 6 aromatic rings. The summed E-state index contributed by atoms with van der Waals surface area (Å²) < 4.78 is 38.8. The minimum Gasteiger partial charge on any atom is -0.508 e.